The van der Waals surface area contributed by atoms with E-state index in [1.165, 1.54) is 34.6 Å². The van der Waals surface area contributed by atoms with E-state index in [2.05, 4.69) is 0 Å². The third kappa shape index (κ3) is 4.14. The number of hydrogen-bond donors (Lipinski definition) is 2. The zero-order chi connectivity index (χ0) is 36.8. The Bertz CT molecular complexity index is 1690. The molecule has 0 spiro atoms. The molecule has 2 N–H and O–H groups in total. The van der Waals surface area contributed by atoms with Crippen molar-refractivity contribution in [1.29, 1.82) is 0 Å². The molecule has 50 heavy (non-hydrogen) atoms. The molecule has 2 saturated heterocycles. The van der Waals surface area contributed by atoms with Crippen molar-refractivity contribution in [2.24, 2.45) is 51.8 Å². The van der Waals surface area contributed by atoms with Crippen LogP contribution in [0.1, 0.15) is 68.7 Å². The van der Waals surface area contributed by atoms with E-state index in [1.54, 1.807) is 26.8 Å². The third-order valence-corrected chi connectivity index (χ3v) is 13.6. The number of allylic oxidation sites excluding steroid dienone is 2. The first-order valence-corrected chi connectivity index (χ1v) is 17.1. The lowest BCUT2D eigenvalue weighted by atomic mass is 9.44. The number of aliphatic hydroxyl groups is 2. The number of carbonyl (C=O) groups excluding carboxylic acids is 6. The second kappa shape index (κ2) is 10.6. The first kappa shape index (κ1) is 34.7. The number of fused-ring (bicyclic) bond motifs is 10. The Labute approximate surface area is 288 Å². The van der Waals surface area contributed by atoms with Gasteiger partial charge in [-0.3, -0.25) is 24.0 Å². The number of hydrogen-bond acceptors (Lipinski definition) is 14. The van der Waals surface area contributed by atoms with Crippen molar-refractivity contribution in [1.82, 2.24) is 0 Å². The van der Waals surface area contributed by atoms with Gasteiger partial charge in [-0.05, 0) is 43.8 Å². The Morgan fingerprint density at radius 2 is 1.34 bits per heavy atom. The van der Waals surface area contributed by atoms with Crippen LogP contribution in [0.25, 0.3) is 0 Å². The molecule has 0 bridgehead atoms. The monoisotopic (exact) mass is 700 g/mol. The lowest BCUT2D eigenvalue weighted by molar-refractivity contribution is -0.224. The molecular formula is C36H44O14. The molecule has 0 aromatic carbocycles. The van der Waals surface area contributed by atoms with Crippen molar-refractivity contribution >= 4 is 35.6 Å². The molecule has 2 aliphatic heterocycles. The Balaban J connectivity index is 1.56. The van der Waals surface area contributed by atoms with Crippen LogP contribution in [-0.2, 0) is 57.2 Å². The van der Waals surface area contributed by atoms with Gasteiger partial charge in [0.1, 0.15) is 36.3 Å². The van der Waals surface area contributed by atoms with Gasteiger partial charge in [0.15, 0.2) is 11.4 Å². The van der Waals surface area contributed by atoms with Crippen LogP contribution in [0, 0.1) is 51.8 Å². The van der Waals surface area contributed by atoms with Crippen LogP contribution in [0.2, 0.25) is 0 Å². The molecule has 14 heteroatoms. The van der Waals surface area contributed by atoms with Crippen molar-refractivity contribution in [3.63, 3.8) is 0 Å². The fraction of sp³-hybridized carbons (Fsp3) is 0.722. The highest BCUT2D eigenvalue weighted by Crippen LogP contribution is 2.75. The van der Waals surface area contributed by atoms with Gasteiger partial charge in [0.2, 0.25) is 5.78 Å². The maximum absolute atomic E-state index is 14.5. The Morgan fingerprint density at radius 1 is 0.800 bits per heavy atom. The summed E-state index contributed by atoms with van der Waals surface area (Å²) in [6.45, 7) is 13.2. The number of carbonyl (C=O) groups is 6. The van der Waals surface area contributed by atoms with Crippen molar-refractivity contribution in [2.75, 3.05) is 0 Å². The van der Waals surface area contributed by atoms with E-state index in [0.29, 0.717) is 0 Å². The van der Waals surface area contributed by atoms with Gasteiger partial charge in [-0.25, -0.2) is 4.79 Å². The smallest absolute Gasteiger partial charge is 0.343 e. The Morgan fingerprint density at radius 3 is 1.92 bits per heavy atom. The van der Waals surface area contributed by atoms with Crippen molar-refractivity contribution in [3.8, 4) is 0 Å². The van der Waals surface area contributed by atoms with E-state index in [-0.39, 0.29) is 17.8 Å². The highest BCUT2D eigenvalue weighted by molar-refractivity contribution is 5.98. The summed E-state index contributed by atoms with van der Waals surface area (Å²) in [4.78, 5) is 79.6. The van der Waals surface area contributed by atoms with Crippen molar-refractivity contribution < 1.29 is 67.4 Å². The van der Waals surface area contributed by atoms with Crippen molar-refractivity contribution in [3.05, 3.63) is 23.2 Å². The van der Waals surface area contributed by atoms with Crippen molar-refractivity contribution in [2.45, 2.75) is 111 Å². The summed E-state index contributed by atoms with van der Waals surface area (Å²) in [5, 5.41) is 24.1. The number of aliphatic hydroxyl groups excluding tert-OH is 1. The van der Waals surface area contributed by atoms with Crippen LogP contribution in [0.5, 0.6) is 0 Å². The zero-order valence-corrected chi connectivity index (χ0v) is 29.5. The molecule has 0 aromatic heterocycles. The summed E-state index contributed by atoms with van der Waals surface area (Å²) in [7, 11) is 0. The maximum atomic E-state index is 14.5. The maximum Gasteiger partial charge on any atom is 0.343 e. The quantitative estimate of drug-likeness (QED) is 0.246. The Hall–Kier alpha value is -3.78. The van der Waals surface area contributed by atoms with Gasteiger partial charge in [0.05, 0.1) is 11.5 Å². The molecule has 14 nitrogen and oxygen atoms in total. The molecule has 272 valence electrons. The van der Waals surface area contributed by atoms with Crippen LogP contribution in [0.3, 0.4) is 0 Å². The fourth-order valence-electron chi connectivity index (χ4n) is 11.6. The first-order valence-electron chi connectivity index (χ1n) is 17.1. The lowest BCUT2D eigenvalue weighted by Crippen LogP contribution is -2.69. The number of epoxide rings is 1. The second-order valence-electron chi connectivity index (χ2n) is 16.1. The molecule has 7 aliphatic rings. The van der Waals surface area contributed by atoms with Crippen LogP contribution < -0.4 is 0 Å². The van der Waals surface area contributed by atoms with E-state index < -0.39 is 135 Å². The predicted octanol–water partition coefficient (Wildman–Crippen LogP) is 2.25. The molecule has 5 aliphatic carbocycles. The SMILES string of the molecule is CC(=O)O[C@@H]1C2C3=C(O)C(=O)C4C[C@@H]5O[C@@H]5[C@H](OC(C)=O)C4(C)C3[C@H](OC(C)=O)[C@H](OC(C)=O)C2(C)C2C1C1(C)C(=C[C@H]2C)OC(=O)[C@@]1(C)O. The topological polar surface area (TPSA) is 202 Å². The summed E-state index contributed by atoms with van der Waals surface area (Å²) in [6, 6.07) is 0. The number of ether oxygens (including phenoxy) is 6. The molecule has 0 aromatic rings. The number of ketones is 1. The molecule has 16 atom stereocenters. The molecule has 2 heterocycles. The van der Waals surface area contributed by atoms with Crippen LogP contribution >= 0.6 is 0 Å². The predicted molar refractivity (Wildman–Crippen MR) is 166 cm³/mol. The molecular weight excluding hydrogens is 656 g/mol. The second-order valence-corrected chi connectivity index (χ2v) is 16.1. The van der Waals surface area contributed by atoms with Gasteiger partial charge < -0.3 is 38.6 Å². The summed E-state index contributed by atoms with van der Waals surface area (Å²) >= 11 is 0. The van der Waals surface area contributed by atoms with E-state index in [0.717, 1.165) is 0 Å². The number of Topliss-reactive ketones (excluding diaryl/α,β-unsaturated/α-hetero) is 1. The molecule has 8 unspecified atom stereocenters. The summed E-state index contributed by atoms with van der Waals surface area (Å²) in [6.07, 6.45) is -4.00. The first-order chi connectivity index (χ1) is 23.1. The van der Waals surface area contributed by atoms with Gasteiger partial charge in [-0.15, -0.1) is 0 Å². The molecule has 3 saturated carbocycles. The lowest BCUT2D eigenvalue weighted by Gasteiger charge is -2.61. The van der Waals surface area contributed by atoms with Gasteiger partial charge >= 0.3 is 29.8 Å². The minimum atomic E-state index is -2.12. The molecule has 7 rings (SSSR count). The van der Waals surface area contributed by atoms with Gasteiger partial charge in [-0.1, -0.05) is 20.8 Å². The highest BCUT2D eigenvalue weighted by Gasteiger charge is 2.82. The fourth-order valence-corrected chi connectivity index (χ4v) is 11.6. The van der Waals surface area contributed by atoms with E-state index in [4.69, 9.17) is 28.4 Å². The molecule has 5 fully saturated rings. The normalized spacial score (nSPS) is 49.4. The zero-order valence-electron chi connectivity index (χ0n) is 29.5. The minimum absolute atomic E-state index is 0.102. The Kier molecular flexibility index (Phi) is 7.37. The average Bonchev–Trinajstić information content (AvgIpc) is 3.68. The van der Waals surface area contributed by atoms with Crippen LogP contribution in [-0.4, -0.2) is 88.1 Å². The molecule has 0 radical (unpaired) electrons. The van der Waals surface area contributed by atoms with Gasteiger partial charge in [0, 0.05) is 62.2 Å². The van der Waals surface area contributed by atoms with Gasteiger partial charge in [-0.2, -0.15) is 0 Å². The van der Waals surface area contributed by atoms with E-state index >= 15 is 0 Å². The summed E-state index contributed by atoms with van der Waals surface area (Å²) in [5.74, 6) is -10.1. The third-order valence-electron chi connectivity index (χ3n) is 13.6. The number of esters is 5. The summed E-state index contributed by atoms with van der Waals surface area (Å²) in [5.41, 5.74) is -6.28. The van der Waals surface area contributed by atoms with Gasteiger partial charge in [0.25, 0.3) is 0 Å². The van der Waals surface area contributed by atoms with E-state index in [1.807, 2.05) is 6.92 Å². The van der Waals surface area contributed by atoms with Crippen LogP contribution in [0.4, 0.5) is 0 Å². The minimum Gasteiger partial charge on any atom is -0.504 e. The average molecular weight is 701 g/mol. The van der Waals surface area contributed by atoms with E-state index in [9.17, 15) is 39.0 Å². The standard InChI is InChI=1S/C36H44O14/c1-12-10-19-35(8,36(9,44)32(43)50-19)24-21(12)34(7)22(28(24)45-13(2)37)20-23(29(46-14(3)38)31(34)48-16(5)40)33(6)17(25(41)26(20)42)11-18-27(49-18)30(33)47-15(4)39/h10,12,17-18,21-24,27-31,42,44H,11H2,1-9H3/t12-,17?,18+,21?,22?,23?,24?,27+,28-,29+,30+,31+,33?,34?,35?,36-/m1/s1. The molecule has 0 amide bonds. The van der Waals surface area contributed by atoms with Crippen LogP contribution in [0.15, 0.2) is 23.2 Å². The summed E-state index contributed by atoms with van der Waals surface area (Å²) < 4.78 is 36.1. The number of rotatable bonds is 4. The highest BCUT2D eigenvalue weighted by atomic mass is 16.6. The largest absolute Gasteiger partial charge is 0.504 e.